The van der Waals surface area contributed by atoms with Crippen molar-refractivity contribution in [1.29, 1.82) is 0 Å². The number of carbonyl (C=O) groups is 2. The van der Waals surface area contributed by atoms with E-state index in [1.54, 1.807) is 12.1 Å². The smallest absolute Gasteiger partial charge is 0.290 e. The van der Waals surface area contributed by atoms with Crippen LogP contribution in [0.25, 0.3) is 0 Å². The molecule has 2 amide bonds. The van der Waals surface area contributed by atoms with Crippen molar-refractivity contribution < 1.29 is 14.0 Å². The molecule has 0 spiro atoms. The molecule has 1 aromatic heterocycles. The number of nitrogens with one attached hydrogen (secondary N) is 1. The molecule has 6 nitrogen and oxygen atoms in total. The molecule has 2 rings (SSSR count). The summed E-state index contributed by atoms with van der Waals surface area (Å²) in [5.74, 6) is 0.752. The second-order valence-electron chi connectivity index (χ2n) is 8.78. The van der Waals surface area contributed by atoms with E-state index in [0.717, 1.165) is 16.9 Å². The molecule has 1 atom stereocenters. The minimum atomic E-state index is -0.139. The summed E-state index contributed by atoms with van der Waals surface area (Å²) in [5.41, 5.74) is 2.71. The highest BCUT2D eigenvalue weighted by molar-refractivity contribution is 5.92. The Bertz CT molecular complexity index is 841. The maximum absolute atomic E-state index is 13.2. The molecule has 0 bridgehead atoms. The van der Waals surface area contributed by atoms with Gasteiger partial charge < -0.3 is 19.5 Å². The quantitative estimate of drug-likeness (QED) is 0.627. The van der Waals surface area contributed by atoms with Crippen LogP contribution in [0, 0.1) is 11.8 Å². The summed E-state index contributed by atoms with van der Waals surface area (Å²) in [7, 11) is 3.95. The first-order valence-corrected chi connectivity index (χ1v) is 10.5. The minimum Gasteiger partial charge on any atom is -0.459 e. The van der Waals surface area contributed by atoms with E-state index in [2.05, 4.69) is 26.1 Å². The number of anilines is 2. The Morgan fingerprint density at radius 1 is 1.07 bits per heavy atom. The van der Waals surface area contributed by atoms with E-state index in [-0.39, 0.29) is 23.8 Å². The molecular weight excluding hydrogens is 378 g/mol. The molecule has 0 unspecified atom stereocenters. The van der Waals surface area contributed by atoms with E-state index in [0.29, 0.717) is 24.6 Å². The van der Waals surface area contributed by atoms with Gasteiger partial charge in [-0.3, -0.25) is 9.59 Å². The van der Waals surface area contributed by atoms with Crippen molar-refractivity contribution in [2.45, 2.75) is 53.6 Å². The summed E-state index contributed by atoms with van der Waals surface area (Å²) in [6.45, 7) is 10.7. The first kappa shape index (κ1) is 23.5. The topological polar surface area (TPSA) is 65.8 Å². The van der Waals surface area contributed by atoms with Gasteiger partial charge in [-0.25, -0.2) is 0 Å². The highest BCUT2D eigenvalue weighted by Crippen LogP contribution is 2.27. The molecule has 1 aromatic carbocycles. The van der Waals surface area contributed by atoms with E-state index < -0.39 is 0 Å². The average molecular weight is 414 g/mol. The molecule has 164 valence electrons. The van der Waals surface area contributed by atoms with Crippen molar-refractivity contribution >= 4 is 23.2 Å². The third-order valence-electron chi connectivity index (χ3n) is 5.23. The van der Waals surface area contributed by atoms with Crippen molar-refractivity contribution in [3.05, 3.63) is 47.9 Å². The van der Waals surface area contributed by atoms with Crippen LogP contribution >= 0.6 is 0 Å². The van der Waals surface area contributed by atoms with Gasteiger partial charge in [0.25, 0.3) is 5.91 Å². The van der Waals surface area contributed by atoms with Gasteiger partial charge in [0.15, 0.2) is 5.76 Å². The Morgan fingerprint density at radius 2 is 1.77 bits per heavy atom. The van der Waals surface area contributed by atoms with Crippen LogP contribution in [-0.4, -0.2) is 36.9 Å². The summed E-state index contributed by atoms with van der Waals surface area (Å²) < 4.78 is 5.38. The highest BCUT2D eigenvalue weighted by Gasteiger charge is 2.27. The molecule has 1 heterocycles. The van der Waals surface area contributed by atoms with Crippen LogP contribution in [0.15, 0.2) is 41.0 Å². The van der Waals surface area contributed by atoms with Crippen molar-refractivity contribution in [2.75, 3.05) is 24.3 Å². The molecule has 1 N–H and O–H groups in total. The lowest BCUT2D eigenvalue weighted by Gasteiger charge is -2.32. The fourth-order valence-electron chi connectivity index (χ4n) is 3.29. The number of amides is 2. The Hall–Kier alpha value is -2.76. The van der Waals surface area contributed by atoms with E-state index >= 15 is 0 Å². The molecule has 0 saturated heterocycles. The number of furan rings is 1. The predicted octanol–water partition coefficient (Wildman–Crippen LogP) is 5.02. The highest BCUT2D eigenvalue weighted by atomic mass is 16.3. The molecule has 2 aromatic rings. The van der Waals surface area contributed by atoms with Gasteiger partial charge in [-0.1, -0.05) is 27.7 Å². The lowest BCUT2D eigenvalue weighted by Crippen LogP contribution is -2.41. The molecule has 0 aliphatic carbocycles. The number of carbonyl (C=O) groups excluding carboxylic acids is 2. The van der Waals surface area contributed by atoms with E-state index in [4.69, 9.17) is 4.42 Å². The first-order valence-electron chi connectivity index (χ1n) is 10.5. The third kappa shape index (κ3) is 6.12. The Morgan fingerprint density at radius 3 is 2.30 bits per heavy atom. The van der Waals surface area contributed by atoms with E-state index in [1.165, 1.54) is 6.26 Å². The Balaban J connectivity index is 2.37. The number of hydrogen-bond acceptors (Lipinski definition) is 4. The fraction of sp³-hybridized carbons (Fsp3) is 0.500. The molecular formula is C24H35N3O3. The summed E-state index contributed by atoms with van der Waals surface area (Å²) in [4.78, 5) is 29.3. The van der Waals surface area contributed by atoms with Gasteiger partial charge in [0.05, 0.1) is 6.26 Å². The molecule has 0 aliphatic rings. The third-order valence-corrected chi connectivity index (χ3v) is 5.23. The van der Waals surface area contributed by atoms with E-state index in [9.17, 15) is 9.59 Å². The van der Waals surface area contributed by atoms with Crippen LogP contribution < -0.4 is 10.2 Å². The van der Waals surface area contributed by atoms with Crippen LogP contribution in [-0.2, 0) is 11.3 Å². The lowest BCUT2D eigenvalue weighted by atomic mass is 10.0. The van der Waals surface area contributed by atoms with Crippen LogP contribution in [0.4, 0.5) is 11.4 Å². The number of benzene rings is 1. The average Bonchev–Trinajstić information content (AvgIpc) is 3.18. The Labute approximate surface area is 180 Å². The van der Waals surface area contributed by atoms with Crippen molar-refractivity contribution in [1.82, 2.24) is 4.90 Å². The van der Waals surface area contributed by atoms with Gasteiger partial charge in [0, 0.05) is 44.5 Å². The van der Waals surface area contributed by atoms with Gasteiger partial charge in [0.1, 0.15) is 0 Å². The predicted molar refractivity (Wildman–Crippen MR) is 122 cm³/mol. The van der Waals surface area contributed by atoms with Gasteiger partial charge in [0.2, 0.25) is 5.91 Å². The number of nitrogens with zero attached hydrogens (tertiary/aromatic N) is 2. The summed E-state index contributed by atoms with van der Waals surface area (Å²) >= 11 is 0. The van der Waals surface area contributed by atoms with Crippen molar-refractivity contribution in [2.24, 2.45) is 11.8 Å². The zero-order chi connectivity index (χ0) is 22.4. The summed E-state index contributed by atoms with van der Waals surface area (Å²) in [5, 5.41) is 2.98. The SMILES string of the molecule is CC(C)CC(=O)Nc1ccc(N(C)C)c(CN(C(=O)c2ccco2)[C@H](C)C(C)C)c1. The zero-order valence-corrected chi connectivity index (χ0v) is 19.2. The second-order valence-corrected chi connectivity index (χ2v) is 8.78. The molecule has 0 radical (unpaired) electrons. The van der Waals surface area contributed by atoms with Crippen LogP contribution in [0.1, 0.15) is 57.2 Å². The fourth-order valence-corrected chi connectivity index (χ4v) is 3.29. The number of hydrogen-bond donors (Lipinski definition) is 1. The standard InChI is InChI=1S/C24H35N3O3/c1-16(2)13-23(28)25-20-10-11-21(26(6)7)19(14-20)15-27(18(5)17(3)4)24(29)22-9-8-12-30-22/h8-12,14,16-18H,13,15H2,1-7H3,(H,25,28)/t18-/m1/s1. The zero-order valence-electron chi connectivity index (χ0n) is 19.2. The van der Waals surface area contributed by atoms with Gasteiger partial charge in [-0.05, 0) is 54.7 Å². The molecule has 6 heteroatoms. The maximum Gasteiger partial charge on any atom is 0.290 e. The van der Waals surface area contributed by atoms with Crippen molar-refractivity contribution in [3.8, 4) is 0 Å². The summed E-state index contributed by atoms with van der Waals surface area (Å²) in [6.07, 6.45) is 1.99. The number of rotatable bonds is 9. The monoisotopic (exact) mass is 413 g/mol. The van der Waals surface area contributed by atoms with E-state index in [1.807, 2.05) is 55.9 Å². The molecule has 0 aliphatic heterocycles. The van der Waals surface area contributed by atoms with Crippen LogP contribution in [0.2, 0.25) is 0 Å². The largest absolute Gasteiger partial charge is 0.459 e. The van der Waals surface area contributed by atoms with Gasteiger partial charge in [-0.2, -0.15) is 0 Å². The van der Waals surface area contributed by atoms with Crippen LogP contribution in [0.3, 0.4) is 0 Å². The molecule has 0 fully saturated rings. The summed E-state index contributed by atoms with van der Waals surface area (Å²) in [6, 6.07) is 9.27. The lowest BCUT2D eigenvalue weighted by molar-refractivity contribution is -0.116. The first-order chi connectivity index (χ1) is 14.1. The Kier molecular flexibility index (Phi) is 8.09. The normalized spacial score (nSPS) is 12.2. The molecule has 0 saturated carbocycles. The van der Waals surface area contributed by atoms with Crippen molar-refractivity contribution in [3.63, 3.8) is 0 Å². The maximum atomic E-state index is 13.2. The molecule has 30 heavy (non-hydrogen) atoms. The van der Waals surface area contributed by atoms with Gasteiger partial charge >= 0.3 is 0 Å². The minimum absolute atomic E-state index is 0.00683. The van der Waals surface area contributed by atoms with Gasteiger partial charge in [-0.15, -0.1) is 0 Å². The second kappa shape index (κ2) is 10.3. The van der Waals surface area contributed by atoms with Crippen LogP contribution in [0.5, 0.6) is 0 Å².